The molecule has 1 heterocycles. The van der Waals surface area contributed by atoms with Gasteiger partial charge in [-0.25, -0.2) is 4.79 Å². The number of hydrogen-bond donors (Lipinski definition) is 2. The van der Waals surface area contributed by atoms with E-state index in [0.717, 1.165) is 25.7 Å². The fourth-order valence-corrected chi connectivity index (χ4v) is 6.83. The quantitative estimate of drug-likeness (QED) is 0.655. The number of rotatable bonds is 0. The maximum Gasteiger partial charge on any atom is 0.334 e. The summed E-state index contributed by atoms with van der Waals surface area (Å²) >= 11 is 0. The molecule has 5 heteroatoms. The molecule has 0 radical (unpaired) electrons. The summed E-state index contributed by atoms with van der Waals surface area (Å²) in [6, 6.07) is 0. The minimum absolute atomic E-state index is 0.107. The number of fused-ring (bicyclic) bond motifs is 5. The number of carbonyl (C=O) groups excluding carboxylic acids is 2. The summed E-state index contributed by atoms with van der Waals surface area (Å²) in [5, 5.41) is 22.6. The summed E-state index contributed by atoms with van der Waals surface area (Å²) in [6.45, 7) is 8.16. The third kappa shape index (κ3) is 1.97. The summed E-state index contributed by atoms with van der Waals surface area (Å²) in [6.07, 6.45) is 2.06. The van der Waals surface area contributed by atoms with Crippen LogP contribution in [0.1, 0.15) is 59.8 Å². The van der Waals surface area contributed by atoms with Crippen molar-refractivity contribution in [2.45, 2.75) is 77.6 Å². The summed E-state index contributed by atoms with van der Waals surface area (Å²) in [4.78, 5) is 24.9. The third-order valence-electron chi connectivity index (χ3n) is 7.86. The molecule has 1 aliphatic heterocycles. The molecule has 4 rings (SSSR count). The van der Waals surface area contributed by atoms with E-state index in [0.29, 0.717) is 12.3 Å². The molecule has 0 spiro atoms. The Morgan fingerprint density at radius 3 is 2.48 bits per heavy atom. The lowest BCUT2D eigenvalue weighted by Gasteiger charge is -2.64. The number of aliphatic hydroxyl groups is 2. The minimum atomic E-state index is -1.37. The lowest BCUT2D eigenvalue weighted by Crippen LogP contribution is -2.70. The van der Waals surface area contributed by atoms with Gasteiger partial charge in [-0.2, -0.15) is 0 Å². The second-order valence-electron chi connectivity index (χ2n) is 9.54. The predicted octanol–water partition coefficient (Wildman–Crippen LogP) is 2.15. The first-order chi connectivity index (χ1) is 11.5. The zero-order chi connectivity index (χ0) is 18.4. The summed E-state index contributed by atoms with van der Waals surface area (Å²) in [7, 11) is 0. The van der Waals surface area contributed by atoms with Crippen LogP contribution >= 0.6 is 0 Å². The van der Waals surface area contributed by atoms with E-state index in [1.165, 1.54) is 0 Å². The van der Waals surface area contributed by atoms with E-state index < -0.39 is 35.5 Å². The molecule has 6 atom stereocenters. The van der Waals surface area contributed by atoms with E-state index in [-0.39, 0.29) is 22.0 Å². The topological polar surface area (TPSA) is 83.8 Å². The highest BCUT2D eigenvalue weighted by atomic mass is 16.6. The van der Waals surface area contributed by atoms with Gasteiger partial charge in [0.25, 0.3) is 0 Å². The molecular formula is C20H28O5. The van der Waals surface area contributed by atoms with Crippen molar-refractivity contribution in [1.82, 2.24) is 0 Å². The Bertz CT molecular complexity index is 692. The van der Waals surface area contributed by atoms with E-state index in [9.17, 15) is 19.8 Å². The molecule has 0 aromatic heterocycles. The summed E-state index contributed by atoms with van der Waals surface area (Å²) in [5.74, 6) is -1.26. The Morgan fingerprint density at radius 2 is 1.80 bits per heavy atom. The summed E-state index contributed by atoms with van der Waals surface area (Å²) < 4.78 is 5.45. The maximum absolute atomic E-state index is 12.9. The lowest BCUT2D eigenvalue weighted by atomic mass is 9.42. The predicted molar refractivity (Wildman–Crippen MR) is 90.5 cm³/mol. The molecule has 0 aromatic carbocycles. The summed E-state index contributed by atoms with van der Waals surface area (Å²) in [5.41, 5.74) is -1.19. The standard InChI is InChI=1S/C20H28O5/c1-10-12-13(21)14(22)15-19(4)8-5-7-18(2,3)11(19)6-9-20(15,24)16(12)25-17(10)23/h11,14-16,22,24H,5-9H2,1-4H3/t11-,14-,15+,16+,19-,20-/m1/s1. The highest BCUT2D eigenvalue weighted by Crippen LogP contribution is 2.65. The number of ketones is 1. The first kappa shape index (κ1) is 17.2. The zero-order valence-electron chi connectivity index (χ0n) is 15.5. The molecule has 3 saturated carbocycles. The smallest absolute Gasteiger partial charge is 0.334 e. The third-order valence-corrected chi connectivity index (χ3v) is 7.86. The molecule has 0 aromatic rings. The van der Waals surface area contributed by atoms with Gasteiger partial charge in [0.2, 0.25) is 0 Å². The van der Waals surface area contributed by atoms with Crippen LogP contribution in [0.15, 0.2) is 11.1 Å². The van der Waals surface area contributed by atoms with Gasteiger partial charge >= 0.3 is 5.97 Å². The molecule has 0 amide bonds. The molecule has 25 heavy (non-hydrogen) atoms. The Kier molecular flexibility index (Phi) is 3.41. The van der Waals surface area contributed by atoms with Crippen LogP contribution < -0.4 is 0 Å². The SMILES string of the molecule is CC1=C2C(=O)[C@@H](O)[C@H]3[C@]4(C)CCCC(C)(C)[C@H]4CC[C@]3(O)[C@H]2OC1=O. The number of carbonyl (C=O) groups is 2. The fourth-order valence-electron chi connectivity index (χ4n) is 6.83. The van der Waals surface area contributed by atoms with Gasteiger partial charge in [-0.3, -0.25) is 4.79 Å². The van der Waals surface area contributed by atoms with Crippen molar-refractivity contribution in [3.8, 4) is 0 Å². The second kappa shape index (κ2) is 4.95. The molecule has 3 aliphatic carbocycles. The Labute approximate surface area is 148 Å². The van der Waals surface area contributed by atoms with Crippen LogP contribution in [0.3, 0.4) is 0 Å². The van der Waals surface area contributed by atoms with Gasteiger partial charge in [0.05, 0.1) is 5.57 Å². The Balaban J connectivity index is 1.86. The average molecular weight is 348 g/mol. The van der Waals surface area contributed by atoms with Gasteiger partial charge in [-0.05, 0) is 49.4 Å². The Hall–Kier alpha value is -1.20. The van der Waals surface area contributed by atoms with E-state index in [4.69, 9.17) is 4.74 Å². The van der Waals surface area contributed by atoms with Gasteiger partial charge in [0.1, 0.15) is 11.7 Å². The van der Waals surface area contributed by atoms with Crippen LogP contribution in [0.5, 0.6) is 0 Å². The van der Waals surface area contributed by atoms with Gasteiger partial charge < -0.3 is 14.9 Å². The van der Waals surface area contributed by atoms with Gasteiger partial charge in [-0.1, -0.05) is 27.2 Å². The maximum atomic E-state index is 12.9. The normalized spacial score (nSPS) is 48.6. The van der Waals surface area contributed by atoms with Crippen LogP contribution in [0.2, 0.25) is 0 Å². The molecule has 0 saturated heterocycles. The molecule has 3 fully saturated rings. The fraction of sp³-hybridized carbons (Fsp3) is 0.800. The minimum Gasteiger partial charge on any atom is -0.451 e. The zero-order valence-corrected chi connectivity index (χ0v) is 15.5. The monoisotopic (exact) mass is 348 g/mol. The van der Waals surface area contributed by atoms with E-state index >= 15 is 0 Å². The largest absolute Gasteiger partial charge is 0.451 e. The average Bonchev–Trinajstić information content (AvgIpc) is 2.80. The van der Waals surface area contributed by atoms with Crippen molar-refractivity contribution in [3.05, 3.63) is 11.1 Å². The van der Waals surface area contributed by atoms with Gasteiger partial charge in [-0.15, -0.1) is 0 Å². The molecule has 0 bridgehead atoms. The van der Waals surface area contributed by atoms with Crippen molar-refractivity contribution in [3.63, 3.8) is 0 Å². The number of hydrogen-bond acceptors (Lipinski definition) is 5. The van der Waals surface area contributed by atoms with Crippen molar-refractivity contribution in [2.24, 2.45) is 22.7 Å². The molecule has 0 unspecified atom stereocenters. The molecule has 138 valence electrons. The Morgan fingerprint density at radius 1 is 1.12 bits per heavy atom. The van der Waals surface area contributed by atoms with Crippen LogP contribution in [0.4, 0.5) is 0 Å². The molecule has 4 aliphatic rings. The first-order valence-electron chi connectivity index (χ1n) is 9.40. The van der Waals surface area contributed by atoms with Gasteiger partial charge in [0, 0.05) is 11.5 Å². The number of Topliss-reactive ketones (excluding diaryl/α,β-unsaturated/α-hetero) is 1. The molecule has 5 nitrogen and oxygen atoms in total. The molecule has 2 N–H and O–H groups in total. The van der Waals surface area contributed by atoms with Crippen LogP contribution in [0, 0.1) is 22.7 Å². The van der Waals surface area contributed by atoms with Crippen LogP contribution in [-0.2, 0) is 14.3 Å². The highest BCUT2D eigenvalue weighted by molar-refractivity contribution is 6.10. The van der Waals surface area contributed by atoms with Gasteiger partial charge in [0.15, 0.2) is 11.9 Å². The molecular weight excluding hydrogens is 320 g/mol. The van der Waals surface area contributed by atoms with Crippen molar-refractivity contribution >= 4 is 11.8 Å². The van der Waals surface area contributed by atoms with E-state index in [1.54, 1.807) is 6.92 Å². The van der Waals surface area contributed by atoms with Crippen LogP contribution in [-0.4, -0.2) is 39.8 Å². The number of ether oxygens (including phenoxy) is 1. The van der Waals surface area contributed by atoms with Crippen LogP contribution in [0.25, 0.3) is 0 Å². The lowest BCUT2D eigenvalue weighted by molar-refractivity contribution is -0.241. The highest BCUT2D eigenvalue weighted by Gasteiger charge is 2.69. The second-order valence-corrected chi connectivity index (χ2v) is 9.54. The first-order valence-corrected chi connectivity index (χ1v) is 9.40. The van der Waals surface area contributed by atoms with Crippen molar-refractivity contribution < 1.29 is 24.5 Å². The number of aliphatic hydroxyl groups excluding tert-OH is 1. The van der Waals surface area contributed by atoms with Crippen molar-refractivity contribution in [2.75, 3.05) is 0 Å². The van der Waals surface area contributed by atoms with Crippen molar-refractivity contribution in [1.29, 1.82) is 0 Å². The van der Waals surface area contributed by atoms with E-state index in [1.807, 2.05) is 0 Å². The number of esters is 1. The van der Waals surface area contributed by atoms with E-state index in [2.05, 4.69) is 20.8 Å².